The standard InChI is InChI=1S/C21H23N3O4S2/c1-14(25)16-8-9-18(19(10-16)27-2)28-12-17(26)13-29-21-24-23-20(30-21)22-11-15-6-4-3-5-7-15/h3-10,17,26H,11-13H2,1-2H3,(H,22,23)/t17-/m1/s1. The molecular weight excluding hydrogens is 422 g/mol. The van der Waals surface area contributed by atoms with Crippen LogP contribution in [0.5, 0.6) is 11.5 Å². The number of nitrogens with one attached hydrogen (secondary N) is 1. The molecule has 30 heavy (non-hydrogen) atoms. The molecule has 158 valence electrons. The summed E-state index contributed by atoms with van der Waals surface area (Å²) in [6.45, 7) is 2.27. The van der Waals surface area contributed by atoms with E-state index in [1.165, 1.54) is 42.7 Å². The fraction of sp³-hybridized carbons (Fsp3) is 0.286. The van der Waals surface area contributed by atoms with Crippen molar-refractivity contribution in [2.45, 2.75) is 23.9 Å². The molecule has 0 bridgehead atoms. The van der Waals surface area contributed by atoms with E-state index in [2.05, 4.69) is 15.5 Å². The molecule has 0 aliphatic carbocycles. The molecule has 0 fully saturated rings. The van der Waals surface area contributed by atoms with E-state index in [0.29, 0.717) is 29.4 Å². The van der Waals surface area contributed by atoms with Crippen molar-refractivity contribution < 1.29 is 19.4 Å². The molecule has 0 amide bonds. The number of rotatable bonds is 11. The SMILES string of the molecule is COc1cc(C(C)=O)ccc1OC[C@@H](O)CSc1nnc(NCc2ccccc2)s1. The van der Waals surface area contributed by atoms with Crippen molar-refractivity contribution in [3.05, 3.63) is 59.7 Å². The fourth-order valence-electron chi connectivity index (χ4n) is 2.52. The first-order chi connectivity index (χ1) is 14.5. The molecular formula is C21H23N3O4S2. The topological polar surface area (TPSA) is 93.6 Å². The van der Waals surface area contributed by atoms with E-state index in [9.17, 15) is 9.90 Å². The number of aromatic nitrogens is 2. The van der Waals surface area contributed by atoms with Crippen molar-refractivity contribution >= 4 is 34.0 Å². The molecule has 7 nitrogen and oxygen atoms in total. The molecule has 0 radical (unpaired) electrons. The van der Waals surface area contributed by atoms with Gasteiger partial charge in [0.1, 0.15) is 6.61 Å². The predicted molar refractivity (Wildman–Crippen MR) is 119 cm³/mol. The Labute approximate surface area is 183 Å². The molecule has 2 aromatic carbocycles. The zero-order valence-corrected chi connectivity index (χ0v) is 18.3. The summed E-state index contributed by atoms with van der Waals surface area (Å²) in [5.41, 5.74) is 1.71. The van der Waals surface area contributed by atoms with Gasteiger partial charge in [-0.25, -0.2) is 0 Å². The Morgan fingerprint density at radius 2 is 2.00 bits per heavy atom. The number of ketones is 1. The van der Waals surface area contributed by atoms with Crippen LogP contribution in [0.3, 0.4) is 0 Å². The van der Waals surface area contributed by atoms with Crippen LogP contribution in [0.25, 0.3) is 0 Å². The van der Waals surface area contributed by atoms with E-state index in [4.69, 9.17) is 9.47 Å². The zero-order chi connectivity index (χ0) is 21.3. The van der Waals surface area contributed by atoms with Crippen molar-refractivity contribution in [2.75, 3.05) is 24.8 Å². The van der Waals surface area contributed by atoms with Gasteiger partial charge in [-0.1, -0.05) is 53.4 Å². The maximum absolute atomic E-state index is 11.5. The van der Waals surface area contributed by atoms with Crippen LogP contribution < -0.4 is 14.8 Å². The Morgan fingerprint density at radius 3 is 2.73 bits per heavy atom. The second-order valence-corrected chi connectivity index (χ2v) is 8.65. The van der Waals surface area contributed by atoms with Crippen LogP contribution in [0.4, 0.5) is 5.13 Å². The molecule has 0 unspecified atom stereocenters. The number of hydrogen-bond acceptors (Lipinski definition) is 9. The molecule has 1 atom stereocenters. The average molecular weight is 446 g/mol. The lowest BCUT2D eigenvalue weighted by atomic mass is 10.1. The number of benzene rings is 2. The van der Waals surface area contributed by atoms with Crippen LogP contribution >= 0.6 is 23.1 Å². The molecule has 1 aromatic heterocycles. The first-order valence-electron chi connectivity index (χ1n) is 9.29. The van der Waals surface area contributed by atoms with Gasteiger partial charge >= 0.3 is 0 Å². The Hall–Kier alpha value is -2.62. The van der Waals surface area contributed by atoms with E-state index in [1.807, 2.05) is 30.3 Å². The smallest absolute Gasteiger partial charge is 0.206 e. The lowest BCUT2D eigenvalue weighted by Crippen LogP contribution is -2.20. The highest BCUT2D eigenvalue weighted by atomic mass is 32.2. The number of aliphatic hydroxyl groups is 1. The number of aliphatic hydroxyl groups excluding tert-OH is 1. The number of methoxy groups -OCH3 is 1. The van der Waals surface area contributed by atoms with E-state index >= 15 is 0 Å². The highest BCUT2D eigenvalue weighted by molar-refractivity contribution is 8.01. The van der Waals surface area contributed by atoms with Crippen LogP contribution in [0.2, 0.25) is 0 Å². The van der Waals surface area contributed by atoms with Crippen LogP contribution in [0, 0.1) is 0 Å². The molecule has 0 aliphatic heterocycles. The Balaban J connectivity index is 1.44. The summed E-state index contributed by atoms with van der Waals surface area (Å²) < 4.78 is 11.7. The van der Waals surface area contributed by atoms with Crippen LogP contribution in [0.1, 0.15) is 22.8 Å². The molecule has 0 aliphatic rings. The normalized spacial score (nSPS) is 11.7. The quantitative estimate of drug-likeness (QED) is 0.339. The third-order valence-electron chi connectivity index (χ3n) is 4.09. The van der Waals surface area contributed by atoms with E-state index in [-0.39, 0.29) is 12.4 Å². The third-order valence-corrected chi connectivity index (χ3v) is 6.25. The summed E-state index contributed by atoms with van der Waals surface area (Å²) in [4.78, 5) is 11.5. The van der Waals surface area contributed by atoms with Crippen LogP contribution in [0.15, 0.2) is 52.9 Å². The minimum atomic E-state index is -0.697. The van der Waals surface area contributed by atoms with Gasteiger partial charge in [-0.2, -0.15) is 0 Å². The monoisotopic (exact) mass is 445 g/mol. The van der Waals surface area contributed by atoms with Gasteiger partial charge in [-0.05, 0) is 30.7 Å². The van der Waals surface area contributed by atoms with Crippen molar-refractivity contribution in [2.24, 2.45) is 0 Å². The number of Topliss-reactive ketones (excluding diaryl/α,β-unsaturated/α-hetero) is 1. The minimum Gasteiger partial charge on any atom is -0.493 e. The molecule has 0 saturated heterocycles. The summed E-state index contributed by atoms with van der Waals surface area (Å²) in [5.74, 6) is 1.31. The number of carbonyl (C=O) groups excluding carboxylic acids is 1. The molecule has 3 aromatic rings. The molecule has 9 heteroatoms. The van der Waals surface area contributed by atoms with Crippen molar-refractivity contribution in [1.29, 1.82) is 0 Å². The average Bonchev–Trinajstić information content (AvgIpc) is 3.23. The van der Waals surface area contributed by atoms with Gasteiger partial charge in [0.25, 0.3) is 0 Å². The number of ether oxygens (including phenoxy) is 2. The molecule has 2 N–H and O–H groups in total. The number of carbonyl (C=O) groups is 1. The predicted octanol–water partition coefficient (Wildman–Crippen LogP) is 3.89. The summed E-state index contributed by atoms with van der Waals surface area (Å²) in [6, 6.07) is 15.0. The molecule has 0 saturated carbocycles. The van der Waals surface area contributed by atoms with Crippen LogP contribution in [-0.2, 0) is 6.54 Å². The molecule has 1 heterocycles. The second-order valence-electron chi connectivity index (χ2n) is 6.41. The number of thioether (sulfide) groups is 1. The summed E-state index contributed by atoms with van der Waals surface area (Å²) in [6.07, 6.45) is -0.697. The highest BCUT2D eigenvalue weighted by Gasteiger charge is 2.13. The van der Waals surface area contributed by atoms with Crippen molar-refractivity contribution in [3.8, 4) is 11.5 Å². The first kappa shape index (κ1) is 22.1. The highest BCUT2D eigenvalue weighted by Crippen LogP contribution is 2.29. The van der Waals surface area contributed by atoms with E-state index in [0.717, 1.165) is 9.47 Å². The maximum atomic E-state index is 11.5. The van der Waals surface area contributed by atoms with Crippen molar-refractivity contribution in [1.82, 2.24) is 10.2 Å². The van der Waals surface area contributed by atoms with Gasteiger partial charge in [-0.3, -0.25) is 4.79 Å². The second kappa shape index (κ2) is 11.0. The van der Waals surface area contributed by atoms with Gasteiger partial charge in [0, 0.05) is 17.9 Å². The summed E-state index contributed by atoms with van der Waals surface area (Å²) in [7, 11) is 1.51. The van der Waals surface area contributed by atoms with Crippen molar-refractivity contribution in [3.63, 3.8) is 0 Å². The Bertz CT molecular complexity index is 966. The number of nitrogens with zero attached hydrogens (tertiary/aromatic N) is 2. The fourth-order valence-corrected chi connectivity index (χ4v) is 4.20. The van der Waals surface area contributed by atoms with Gasteiger partial charge in [0.05, 0.1) is 13.2 Å². The zero-order valence-electron chi connectivity index (χ0n) is 16.7. The maximum Gasteiger partial charge on any atom is 0.206 e. The van der Waals surface area contributed by atoms with E-state index in [1.54, 1.807) is 18.2 Å². The van der Waals surface area contributed by atoms with Gasteiger partial charge in [0.2, 0.25) is 5.13 Å². The van der Waals surface area contributed by atoms with Gasteiger partial charge in [0.15, 0.2) is 21.6 Å². The summed E-state index contributed by atoms with van der Waals surface area (Å²) >= 11 is 2.87. The number of anilines is 1. The molecule has 3 rings (SSSR count). The first-order valence-corrected chi connectivity index (χ1v) is 11.1. The Morgan fingerprint density at radius 1 is 1.20 bits per heavy atom. The number of hydrogen-bond donors (Lipinski definition) is 2. The summed E-state index contributed by atoms with van der Waals surface area (Å²) in [5, 5.41) is 22.5. The molecule has 0 spiro atoms. The third kappa shape index (κ3) is 6.45. The van der Waals surface area contributed by atoms with Gasteiger partial charge < -0.3 is 19.9 Å². The Kier molecular flexibility index (Phi) is 8.06. The van der Waals surface area contributed by atoms with E-state index < -0.39 is 6.10 Å². The van der Waals surface area contributed by atoms with Gasteiger partial charge in [-0.15, -0.1) is 10.2 Å². The minimum absolute atomic E-state index is 0.0500. The lowest BCUT2D eigenvalue weighted by molar-refractivity contribution is 0.101. The lowest BCUT2D eigenvalue weighted by Gasteiger charge is -2.14. The van der Waals surface area contributed by atoms with Crippen LogP contribution in [-0.4, -0.2) is 46.7 Å². The largest absolute Gasteiger partial charge is 0.493 e.